The van der Waals surface area contributed by atoms with Gasteiger partial charge in [-0.2, -0.15) is 5.26 Å². The molecule has 0 saturated carbocycles. The second-order valence-corrected chi connectivity index (χ2v) is 5.34. The molecule has 0 aliphatic rings. The fourth-order valence-electron chi connectivity index (χ4n) is 1.69. The Hall–Kier alpha value is -1.90. The third-order valence-corrected chi connectivity index (χ3v) is 3.44. The second kappa shape index (κ2) is 6.88. The molecule has 0 saturated heterocycles. The van der Waals surface area contributed by atoms with E-state index in [0.717, 1.165) is 22.9 Å². The highest BCUT2D eigenvalue weighted by Gasteiger charge is 2.03. The van der Waals surface area contributed by atoms with E-state index in [4.69, 9.17) is 10.00 Å². The summed E-state index contributed by atoms with van der Waals surface area (Å²) in [4.78, 5) is 5.52. The van der Waals surface area contributed by atoms with Crippen molar-refractivity contribution in [3.05, 3.63) is 45.9 Å². The minimum absolute atomic E-state index is 0.0721. The molecule has 0 aliphatic carbocycles. The number of hydrogen-bond acceptors (Lipinski definition) is 5. The van der Waals surface area contributed by atoms with Crippen LogP contribution in [0.5, 0.6) is 5.75 Å². The molecule has 0 spiro atoms. The van der Waals surface area contributed by atoms with Crippen LogP contribution in [0.1, 0.15) is 15.4 Å². The van der Waals surface area contributed by atoms with E-state index < -0.39 is 0 Å². The second-order valence-electron chi connectivity index (χ2n) is 4.02. The lowest BCUT2D eigenvalue weighted by Crippen LogP contribution is -2.13. The molecule has 5 heteroatoms. The molecule has 0 unspecified atom stereocenters. The lowest BCUT2D eigenvalue weighted by atomic mass is 10.2. The Bertz CT molecular complexity index is 574. The molecular formula is C14H15N3OS. The van der Waals surface area contributed by atoms with E-state index in [0.29, 0.717) is 6.54 Å². The molecule has 0 bridgehead atoms. The minimum Gasteiger partial charge on any atom is -0.478 e. The smallest absolute Gasteiger partial charge is 0.174 e. The Kier molecular flexibility index (Phi) is 4.90. The third kappa shape index (κ3) is 4.05. The maximum absolute atomic E-state index is 8.55. The van der Waals surface area contributed by atoms with Gasteiger partial charge in [-0.15, -0.1) is 11.3 Å². The molecule has 98 valence electrons. The Morgan fingerprint density at radius 3 is 2.95 bits per heavy atom. The summed E-state index contributed by atoms with van der Waals surface area (Å²) in [5, 5.41) is 13.0. The fourth-order valence-corrected chi connectivity index (χ4v) is 2.44. The lowest BCUT2D eigenvalue weighted by Gasteiger charge is -2.09. The molecule has 1 aromatic heterocycles. The number of thiazole rings is 1. The van der Waals surface area contributed by atoms with Crippen LogP contribution in [-0.2, 0) is 13.1 Å². The van der Waals surface area contributed by atoms with Gasteiger partial charge in [0.2, 0.25) is 0 Å². The summed E-state index contributed by atoms with van der Waals surface area (Å²) in [7, 11) is 0. The Morgan fingerprint density at radius 1 is 1.37 bits per heavy atom. The lowest BCUT2D eigenvalue weighted by molar-refractivity contribution is 0.362. The maximum atomic E-state index is 8.55. The van der Waals surface area contributed by atoms with E-state index in [-0.39, 0.29) is 6.61 Å². The van der Waals surface area contributed by atoms with Gasteiger partial charge >= 0.3 is 0 Å². The van der Waals surface area contributed by atoms with Crippen molar-refractivity contribution in [1.82, 2.24) is 10.3 Å². The zero-order valence-corrected chi connectivity index (χ0v) is 11.5. The first-order valence-corrected chi connectivity index (χ1v) is 6.81. The van der Waals surface area contributed by atoms with E-state index in [9.17, 15) is 0 Å². The minimum atomic E-state index is 0.0721. The van der Waals surface area contributed by atoms with Crippen LogP contribution in [0.25, 0.3) is 0 Å². The van der Waals surface area contributed by atoms with Gasteiger partial charge in [0, 0.05) is 29.7 Å². The van der Waals surface area contributed by atoms with Gasteiger partial charge in [-0.1, -0.05) is 18.2 Å². The van der Waals surface area contributed by atoms with Crippen LogP contribution >= 0.6 is 11.3 Å². The zero-order valence-electron chi connectivity index (χ0n) is 10.7. The molecule has 19 heavy (non-hydrogen) atoms. The number of nitrogens with one attached hydrogen (secondary N) is 1. The van der Waals surface area contributed by atoms with Crippen LogP contribution in [0.2, 0.25) is 0 Å². The van der Waals surface area contributed by atoms with Crippen molar-refractivity contribution >= 4 is 11.3 Å². The van der Waals surface area contributed by atoms with Gasteiger partial charge in [-0.25, -0.2) is 4.98 Å². The Labute approximate surface area is 116 Å². The molecule has 2 rings (SSSR count). The summed E-state index contributed by atoms with van der Waals surface area (Å²) < 4.78 is 5.38. The quantitative estimate of drug-likeness (QED) is 0.879. The number of hydrogen-bond donors (Lipinski definition) is 1. The van der Waals surface area contributed by atoms with Gasteiger partial charge in [0.25, 0.3) is 0 Å². The molecule has 2 aromatic rings. The van der Waals surface area contributed by atoms with Crippen LogP contribution in [-0.4, -0.2) is 11.6 Å². The molecule has 0 aliphatic heterocycles. The first-order chi connectivity index (χ1) is 9.29. The van der Waals surface area contributed by atoms with Crippen LogP contribution in [0.3, 0.4) is 0 Å². The summed E-state index contributed by atoms with van der Waals surface area (Å²) in [6.07, 6.45) is 1.88. The van der Waals surface area contributed by atoms with Crippen molar-refractivity contribution in [3.8, 4) is 11.8 Å². The van der Waals surface area contributed by atoms with E-state index >= 15 is 0 Å². The van der Waals surface area contributed by atoms with Crippen LogP contribution in [0, 0.1) is 18.3 Å². The topological polar surface area (TPSA) is 57.9 Å². The fraction of sp³-hybridized carbons (Fsp3) is 0.286. The van der Waals surface area contributed by atoms with E-state index in [1.807, 2.05) is 43.5 Å². The first-order valence-electron chi connectivity index (χ1n) is 5.99. The van der Waals surface area contributed by atoms with Gasteiger partial charge in [0.15, 0.2) is 6.61 Å². The summed E-state index contributed by atoms with van der Waals surface area (Å²) in [6, 6.07) is 9.71. The molecule has 0 amide bonds. The average Bonchev–Trinajstić information content (AvgIpc) is 2.83. The molecule has 1 N–H and O–H groups in total. The van der Waals surface area contributed by atoms with Crippen LogP contribution in [0.15, 0.2) is 30.5 Å². The standard InChI is InChI=1S/C14H15N3OS/c1-11-8-17-14(19-11)10-16-9-12-4-2-3-5-13(12)18-7-6-15/h2-5,8,16H,7,9-10H2,1H3. The van der Waals surface area contributed by atoms with E-state index in [1.54, 1.807) is 11.3 Å². The molecule has 1 aromatic carbocycles. The maximum Gasteiger partial charge on any atom is 0.174 e. The van der Waals surface area contributed by atoms with Crippen molar-refractivity contribution in [2.75, 3.05) is 6.61 Å². The summed E-state index contributed by atoms with van der Waals surface area (Å²) in [5.41, 5.74) is 1.05. The summed E-state index contributed by atoms with van der Waals surface area (Å²) in [6.45, 7) is 3.56. The predicted molar refractivity (Wildman–Crippen MR) is 74.9 cm³/mol. The number of aryl methyl sites for hydroxylation is 1. The van der Waals surface area contributed by atoms with Gasteiger partial charge in [0.1, 0.15) is 16.8 Å². The number of benzene rings is 1. The predicted octanol–water partition coefficient (Wildman–Crippen LogP) is 2.64. The van der Waals surface area contributed by atoms with E-state index in [2.05, 4.69) is 10.3 Å². The Balaban J connectivity index is 1.90. The number of rotatable bonds is 6. The van der Waals surface area contributed by atoms with Gasteiger partial charge in [0.05, 0.1) is 0 Å². The van der Waals surface area contributed by atoms with Crippen molar-refractivity contribution in [3.63, 3.8) is 0 Å². The number of nitrogens with zero attached hydrogens (tertiary/aromatic N) is 2. The summed E-state index contributed by atoms with van der Waals surface area (Å²) >= 11 is 1.69. The van der Waals surface area contributed by atoms with Crippen molar-refractivity contribution in [2.24, 2.45) is 0 Å². The first kappa shape index (κ1) is 13.5. The molecule has 0 radical (unpaired) electrons. The molecule has 0 atom stereocenters. The van der Waals surface area contributed by atoms with Gasteiger partial charge in [-0.3, -0.25) is 0 Å². The van der Waals surface area contributed by atoms with Crippen molar-refractivity contribution < 1.29 is 4.74 Å². The monoisotopic (exact) mass is 273 g/mol. The number of nitriles is 1. The third-order valence-electron chi connectivity index (χ3n) is 2.53. The number of aromatic nitrogens is 1. The molecular weight excluding hydrogens is 258 g/mol. The van der Waals surface area contributed by atoms with Crippen molar-refractivity contribution in [2.45, 2.75) is 20.0 Å². The van der Waals surface area contributed by atoms with Gasteiger partial charge < -0.3 is 10.1 Å². The van der Waals surface area contributed by atoms with Crippen LogP contribution in [0.4, 0.5) is 0 Å². The average molecular weight is 273 g/mol. The SMILES string of the molecule is Cc1cnc(CNCc2ccccc2OCC#N)s1. The van der Waals surface area contributed by atoms with Gasteiger partial charge in [-0.05, 0) is 13.0 Å². The number of ether oxygens (including phenoxy) is 1. The normalized spacial score (nSPS) is 10.1. The highest BCUT2D eigenvalue weighted by atomic mass is 32.1. The van der Waals surface area contributed by atoms with E-state index in [1.165, 1.54) is 4.88 Å². The zero-order chi connectivity index (χ0) is 13.5. The largest absolute Gasteiger partial charge is 0.478 e. The highest BCUT2D eigenvalue weighted by Crippen LogP contribution is 2.18. The highest BCUT2D eigenvalue weighted by molar-refractivity contribution is 7.11. The van der Waals surface area contributed by atoms with Crippen LogP contribution < -0.4 is 10.1 Å². The van der Waals surface area contributed by atoms with Crippen molar-refractivity contribution in [1.29, 1.82) is 5.26 Å². The number of para-hydroxylation sites is 1. The summed E-state index contributed by atoms with van der Waals surface area (Å²) in [5.74, 6) is 0.756. The molecule has 4 nitrogen and oxygen atoms in total. The Morgan fingerprint density at radius 2 is 2.21 bits per heavy atom. The molecule has 1 heterocycles. The molecule has 0 fully saturated rings.